The van der Waals surface area contributed by atoms with Crippen LogP contribution >= 0.6 is 0 Å². The van der Waals surface area contributed by atoms with E-state index in [1.165, 1.54) is 117 Å². The maximum absolute atomic E-state index is 2.56. The minimum Gasteiger partial charge on any atom is -0.311 e. The summed E-state index contributed by atoms with van der Waals surface area (Å²) >= 11 is 0. The fourth-order valence-corrected chi connectivity index (χ4v) is 13.2. The van der Waals surface area contributed by atoms with Gasteiger partial charge in [0.15, 0.2) is 0 Å². The second kappa shape index (κ2) is 15.1. The van der Waals surface area contributed by atoms with Gasteiger partial charge in [-0.25, -0.2) is 0 Å². The van der Waals surface area contributed by atoms with Gasteiger partial charge in [-0.2, -0.15) is 0 Å². The van der Waals surface area contributed by atoms with Crippen LogP contribution in [0.3, 0.4) is 0 Å². The van der Waals surface area contributed by atoms with Crippen molar-refractivity contribution in [2.45, 2.75) is 90.9 Å². The third kappa shape index (κ3) is 6.34. The molecule has 0 fully saturated rings. The second-order valence-electron chi connectivity index (χ2n) is 23.8. The first-order chi connectivity index (χ1) is 34.0. The van der Waals surface area contributed by atoms with Crippen molar-refractivity contribution >= 4 is 57.2 Å². The Morgan fingerprint density at radius 1 is 0.352 bits per heavy atom. The molecule has 9 aromatic carbocycles. The zero-order valence-electron chi connectivity index (χ0n) is 42.9. The Balaban J connectivity index is 0.976. The lowest BCUT2D eigenvalue weighted by atomic mass is 9.33. The van der Waals surface area contributed by atoms with E-state index in [9.17, 15) is 0 Å². The molecule has 0 bridgehead atoms. The fourth-order valence-electron chi connectivity index (χ4n) is 13.2. The van der Waals surface area contributed by atoms with E-state index in [-0.39, 0.29) is 28.4 Å². The van der Waals surface area contributed by atoms with E-state index in [0.29, 0.717) is 0 Å². The minimum absolute atomic E-state index is 0.0249. The van der Waals surface area contributed by atoms with E-state index in [1.807, 2.05) is 0 Å². The molecule has 0 unspecified atom stereocenters. The minimum atomic E-state index is -0.102. The molecule has 2 heterocycles. The van der Waals surface area contributed by atoms with Gasteiger partial charge in [0.25, 0.3) is 6.71 Å². The van der Waals surface area contributed by atoms with E-state index < -0.39 is 0 Å². The van der Waals surface area contributed by atoms with Gasteiger partial charge in [0.1, 0.15) is 0 Å². The molecule has 0 saturated carbocycles. The van der Waals surface area contributed by atoms with Crippen molar-refractivity contribution in [2.75, 3.05) is 9.80 Å². The van der Waals surface area contributed by atoms with Crippen molar-refractivity contribution in [3.05, 3.63) is 221 Å². The average molecular weight is 917 g/mol. The molecule has 2 nitrogen and oxygen atoms in total. The molecule has 0 saturated heterocycles. The first-order valence-electron chi connectivity index (χ1n) is 25.7. The van der Waals surface area contributed by atoms with Gasteiger partial charge in [-0.15, -0.1) is 0 Å². The Morgan fingerprint density at radius 3 is 1.28 bits per heavy atom. The van der Waals surface area contributed by atoms with Gasteiger partial charge in [0.2, 0.25) is 0 Å². The van der Waals surface area contributed by atoms with Crippen LogP contribution < -0.4 is 26.2 Å². The second-order valence-corrected chi connectivity index (χ2v) is 23.8. The van der Waals surface area contributed by atoms with E-state index in [0.717, 1.165) is 11.4 Å². The zero-order chi connectivity index (χ0) is 48.9. The van der Waals surface area contributed by atoms with Crippen LogP contribution in [0.5, 0.6) is 0 Å². The number of anilines is 6. The van der Waals surface area contributed by atoms with Crippen molar-refractivity contribution in [3.63, 3.8) is 0 Å². The topological polar surface area (TPSA) is 6.48 Å². The molecular weight excluding hydrogens is 856 g/mol. The Morgan fingerprint density at radius 2 is 0.775 bits per heavy atom. The molecule has 0 N–H and O–H groups in total. The summed E-state index contributed by atoms with van der Waals surface area (Å²) in [5.41, 5.74) is 29.8. The summed E-state index contributed by atoms with van der Waals surface area (Å²) in [4.78, 5) is 5.11. The summed E-state index contributed by atoms with van der Waals surface area (Å²) < 4.78 is 0. The van der Waals surface area contributed by atoms with E-state index in [2.05, 4.69) is 267 Å². The average Bonchev–Trinajstić information content (AvgIpc) is 3.75. The van der Waals surface area contributed by atoms with Crippen LogP contribution in [0.15, 0.2) is 188 Å². The molecule has 0 amide bonds. The predicted molar refractivity (Wildman–Crippen MR) is 304 cm³/mol. The molecule has 9 aromatic rings. The van der Waals surface area contributed by atoms with Crippen molar-refractivity contribution < 1.29 is 0 Å². The molecule has 0 atom stereocenters. The Bertz CT molecular complexity index is 3670. The van der Waals surface area contributed by atoms with Crippen LogP contribution in [0.4, 0.5) is 34.1 Å². The highest BCUT2D eigenvalue weighted by Crippen LogP contribution is 2.54. The smallest absolute Gasteiger partial charge is 0.252 e. The van der Waals surface area contributed by atoms with Gasteiger partial charge in [0, 0.05) is 45.0 Å². The Hall–Kier alpha value is -7.36. The summed E-state index contributed by atoms with van der Waals surface area (Å²) in [6.07, 6.45) is 0. The van der Waals surface area contributed by atoms with Crippen LogP contribution in [-0.4, -0.2) is 6.71 Å². The van der Waals surface area contributed by atoms with Crippen molar-refractivity contribution in [2.24, 2.45) is 0 Å². The number of nitrogens with zero attached hydrogens (tertiary/aromatic N) is 2. The van der Waals surface area contributed by atoms with Gasteiger partial charge in [0.05, 0.1) is 0 Å². The highest BCUT2D eigenvalue weighted by Gasteiger charge is 2.45. The number of hydrogen-bond donors (Lipinski definition) is 0. The zero-order valence-corrected chi connectivity index (χ0v) is 42.9. The van der Waals surface area contributed by atoms with Crippen LogP contribution in [0.1, 0.15) is 103 Å². The molecule has 2 aliphatic carbocycles. The molecule has 2 aliphatic heterocycles. The van der Waals surface area contributed by atoms with Gasteiger partial charge < -0.3 is 9.80 Å². The first-order valence-corrected chi connectivity index (χ1v) is 25.7. The van der Waals surface area contributed by atoms with Crippen molar-refractivity contribution in [1.82, 2.24) is 0 Å². The SMILES string of the molecule is CC(C)(C)c1ccc2c(c1)B1c3ccc(C(C)(C)C)cc3N(c3ccc(-c4cccc5c4C(C)(C)c4ccccc4-5)cc3)c3cccc(c31)N2c1ccc(-c2cccc3c2C(C)(C)c2ccccc2-3)cc1. The monoisotopic (exact) mass is 916 g/mol. The summed E-state index contributed by atoms with van der Waals surface area (Å²) in [5.74, 6) is 0. The van der Waals surface area contributed by atoms with Gasteiger partial charge in [-0.05, 0) is 154 Å². The molecule has 0 aromatic heterocycles. The third-order valence-electron chi connectivity index (χ3n) is 16.8. The van der Waals surface area contributed by atoms with E-state index >= 15 is 0 Å². The highest BCUT2D eigenvalue weighted by atomic mass is 15.2. The molecule has 0 radical (unpaired) electrons. The molecule has 3 heteroatoms. The molecule has 71 heavy (non-hydrogen) atoms. The van der Waals surface area contributed by atoms with Crippen LogP contribution in [0.25, 0.3) is 44.5 Å². The third-order valence-corrected chi connectivity index (χ3v) is 16.8. The quantitative estimate of drug-likeness (QED) is 0.162. The van der Waals surface area contributed by atoms with Crippen molar-refractivity contribution in [1.29, 1.82) is 0 Å². The number of benzene rings is 9. The summed E-state index contributed by atoms with van der Waals surface area (Å²) in [5, 5.41) is 0. The Labute approximate surface area is 421 Å². The Kier molecular flexibility index (Phi) is 9.27. The predicted octanol–water partition coefficient (Wildman–Crippen LogP) is 16.3. The molecule has 0 spiro atoms. The highest BCUT2D eigenvalue weighted by molar-refractivity contribution is 7.00. The molecule has 4 aliphatic rings. The molecule has 346 valence electrons. The normalized spacial score (nSPS) is 15.3. The van der Waals surface area contributed by atoms with Gasteiger partial charge in [-0.1, -0.05) is 209 Å². The maximum atomic E-state index is 2.56. The first kappa shape index (κ1) is 43.6. The number of hydrogen-bond acceptors (Lipinski definition) is 2. The van der Waals surface area contributed by atoms with E-state index in [4.69, 9.17) is 0 Å². The summed E-state index contributed by atoms with van der Waals surface area (Å²) in [6, 6.07) is 72.1. The fraction of sp³-hybridized carbons (Fsp3) is 0.206. The lowest BCUT2D eigenvalue weighted by Crippen LogP contribution is -2.61. The summed E-state index contributed by atoms with van der Waals surface area (Å²) in [6.45, 7) is 23.6. The van der Waals surface area contributed by atoms with Crippen LogP contribution in [0.2, 0.25) is 0 Å². The van der Waals surface area contributed by atoms with Gasteiger partial charge in [-0.3, -0.25) is 0 Å². The molecule has 13 rings (SSSR count). The maximum Gasteiger partial charge on any atom is 0.252 e. The van der Waals surface area contributed by atoms with Gasteiger partial charge >= 0.3 is 0 Å². The number of fused-ring (bicyclic) bond motifs is 10. The number of rotatable bonds is 4. The summed E-state index contributed by atoms with van der Waals surface area (Å²) in [7, 11) is 0. The van der Waals surface area contributed by atoms with E-state index in [1.54, 1.807) is 0 Å². The standard InChI is InChI=1S/C68H61BN2/c1-65(2,3)44-33-39-58-57(40-44)69-56-38-32-45(66(4,5)6)41-61(56)71(47-36-30-43(31-37-47)49-21-16-23-53-51-19-12-14-25-55(51)68(9,10)63(49)53)60-27-17-26-59(64(60)69)70(58)46-34-28-42(29-35-46)48-20-15-22-52-50-18-11-13-24-54(50)67(7,8)62(48)52/h11-41H,1-10H3. The van der Waals surface area contributed by atoms with Crippen LogP contribution in [-0.2, 0) is 21.7 Å². The lowest BCUT2D eigenvalue weighted by molar-refractivity contribution is 0.590. The van der Waals surface area contributed by atoms with Crippen LogP contribution in [0, 0.1) is 0 Å². The lowest BCUT2D eigenvalue weighted by Gasteiger charge is -2.44. The molecular formula is C68H61BN2. The largest absolute Gasteiger partial charge is 0.311 e. The van der Waals surface area contributed by atoms with Crippen molar-refractivity contribution in [3.8, 4) is 44.5 Å².